The van der Waals surface area contributed by atoms with Gasteiger partial charge in [0.1, 0.15) is 0 Å². The molecule has 0 bridgehead atoms. The Bertz CT molecular complexity index is 375. The highest BCUT2D eigenvalue weighted by Crippen LogP contribution is 2.27. The van der Waals surface area contributed by atoms with Crippen molar-refractivity contribution in [1.29, 1.82) is 0 Å². The van der Waals surface area contributed by atoms with Gasteiger partial charge in [-0.2, -0.15) is 0 Å². The molecule has 1 unspecified atom stereocenters. The van der Waals surface area contributed by atoms with Gasteiger partial charge in [0.2, 0.25) is 0 Å². The second kappa shape index (κ2) is 11.7. The van der Waals surface area contributed by atoms with Crippen LogP contribution in [0.5, 0.6) is 0 Å². The quantitative estimate of drug-likeness (QED) is 0.364. The van der Waals surface area contributed by atoms with Crippen molar-refractivity contribution in [3.8, 4) is 0 Å². The summed E-state index contributed by atoms with van der Waals surface area (Å²) < 4.78 is 11.9. The molecule has 23 heavy (non-hydrogen) atoms. The van der Waals surface area contributed by atoms with Crippen molar-refractivity contribution in [1.82, 2.24) is 10.6 Å². The predicted octanol–water partition coefficient (Wildman–Crippen LogP) is 3.68. The molecule has 138 valence electrons. The van der Waals surface area contributed by atoms with Crippen LogP contribution >= 0.6 is 24.0 Å². The van der Waals surface area contributed by atoms with Crippen LogP contribution in [0.2, 0.25) is 0 Å². The van der Waals surface area contributed by atoms with E-state index in [0.717, 1.165) is 11.9 Å². The zero-order valence-corrected chi connectivity index (χ0v) is 18.6. The number of nitrogens with zero attached hydrogens (tertiary/aromatic N) is 1. The fourth-order valence-electron chi connectivity index (χ4n) is 2.96. The lowest BCUT2D eigenvalue weighted by atomic mass is 9.83. The minimum atomic E-state index is -0.815. The summed E-state index contributed by atoms with van der Waals surface area (Å²) in [4.78, 5) is 4.29. The molecule has 4 nitrogen and oxygen atoms in total. The van der Waals surface area contributed by atoms with Crippen LogP contribution < -0.4 is 10.6 Å². The topological polar surface area (TPSA) is 53.5 Å². The molecule has 1 fully saturated rings. The summed E-state index contributed by atoms with van der Waals surface area (Å²) in [7, 11) is 0.989. The monoisotopic (exact) mass is 457 g/mol. The molecule has 0 radical (unpaired) electrons. The number of hydrogen-bond donors (Lipinski definition) is 2. The molecule has 0 heterocycles. The zero-order chi connectivity index (χ0) is 16.6. The van der Waals surface area contributed by atoms with Gasteiger partial charge in [-0.3, -0.25) is 9.20 Å². The molecule has 6 heteroatoms. The molecule has 1 atom stereocenters. The Balaban J connectivity index is 0.00000484. The van der Waals surface area contributed by atoms with Crippen molar-refractivity contribution in [3.63, 3.8) is 0 Å². The summed E-state index contributed by atoms with van der Waals surface area (Å²) in [5, 5.41) is 6.82. The van der Waals surface area contributed by atoms with E-state index in [1.807, 2.05) is 20.8 Å². The van der Waals surface area contributed by atoms with Crippen LogP contribution in [0, 0.1) is 5.92 Å². The van der Waals surface area contributed by atoms with Gasteiger partial charge >= 0.3 is 0 Å². The molecule has 0 aromatic heterocycles. The van der Waals surface area contributed by atoms with Gasteiger partial charge in [-0.25, -0.2) is 0 Å². The molecular formula is C17H36IN3OS. The second-order valence-electron chi connectivity index (χ2n) is 7.31. The van der Waals surface area contributed by atoms with Crippen molar-refractivity contribution in [3.05, 3.63) is 0 Å². The van der Waals surface area contributed by atoms with Crippen molar-refractivity contribution in [2.75, 3.05) is 19.3 Å². The summed E-state index contributed by atoms with van der Waals surface area (Å²) in [6, 6.07) is 0.535. The lowest BCUT2D eigenvalue weighted by Gasteiger charge is -2.30. The average Bonchev–Trinajstić information content (AvgIpc) is 2.47. The standard InChI is InChI=1S/C17H35N3OS.HI/c1-6-7-14-8-10-15(11-9-14)20-16(18-5)19-12-13-22(21)17(2,3)4;/h14-15H,6-13H2,1-5H3,(H2,18,19,20);1H. The molecule has 1 rings (SSSR count). The van der Waals surface area contributed by atoms with Crippen LogP contribution in [0.15, 0.2) is 4.99 Å². The van der Waals surface area contributed by atoms with Gasteiger partial charge < -0.3 is 10.6 Å². The van der Waals surface area contributed by atoms with Gasteiger partial charge in [0, 0.05) is 40.9 Å². The van der Waals surface area contributed by atoms with Crippen LogP contribution in [0.3, 0.4) is 0 Å². The van der Waals surface area contributed by atoms with E-state index in [-0.39, 0.29) is 28.7 Å². The first kappa shape index (κ1) is 23.1. The number of aliphatic imine (C=N–C) groups is 1. The van der Waals surface area contributed by atoms with E-state index >= 15 is 0 Å². The maximum atomic E-state index is 12.0. The van der Waals surface area contributed by atoms with Crippen molar-refractivity contribution in [2.24, 2.45) is 10.9 Å². The van der Waals surface area contributed by atoms with E-state index in [9.17, 15) is 4.21 Å². The molecule has 0 aromatic carbocycles. The Morgan fingerprint density at radius 3 is 2.30 bits per heavy atom. The Hall–Kier alpha value is 0.150. The van der Waals surface area contributed by atoms with Crippen LogP contribution in [0.4, 0.5) is 0 Å². The minimum absolute atomic E-state index is 0. The molecule has 2 N–H and O–H groups in total. The maximum absolute atomic E-state index is 12.0. The summed E-state index contributed by atoms with van der Waals surface area (Å²) in [6.07, 6.45) is 7.81. The Kier molecular flexibility index (Phi) is 11.7. The van der Waals surface area contributed by atoms with E-state index in [1.165, 1.54) is 38.5 Å². The third kappa shape index (κ3) is 9.27. The van der Waals surface area contributed by atoms with Crippen molar-refractivity contribution < 1.29 is 4.21 Å². The molecule has 1 saturated carbocycles. The molecule has 0 saturated heterocycles. The maximum Gasteiger partial charge on any atom is 0.191 e. The van der Waals surface area contributed by atoms with E-state index < -0.39 is 10.8 Å². The van der Waals surface area contributed by atoms with E-state index in [4.69, 9.17) is 0 Å². The van der Waals surface area contributed by atoms with Gasteiger partial charge in [0.15, 0.2) is 5.96 Å². The molecule has 0 amide bonds. The summed E-state index contributed by atoms with van der Waals surface area (Å²) in [5.74, 6) is 2.44. The van der Waals surface area contributed by atoms with Crippen molar-refractivity contribution in [2.45, 2.75) is 77.0 Å². The number of nitrogens with one attached hydrogen (secondary N) is 2. The molecule has 0 aromatic rings. The SMILES string of the molecule is CCCC1CCC(NC(=NC)NCCS(=O)C(C)(C)C)CC1.I. The molecule has 0 aliphatic heterocycles. The largest absolute Gasteiger partial charge is 0.355 e. The van der Waals surface area contributed by atoms with Crippen LogP contribution in [0.1, 0.15) is 66.2 Å². The molecule has 1 aliphatic carbocycles. The fourth-order valence-corrected chi connectivity index (χ4v) is 3.86. The first-order valence-electron chi connectivity index (χ1n) is 8.72. The lowest BCUT2D eigenvalue weighted by Crippen LogP contribution is -2.46. The first-order chi connectivity index (χ1) is 10.4. The fraction of sp³-hybridized carbons (Fsp3) is 0.941. The highest BCUT2D eigenvalue weighted by molar-refractivity contribution is 14.0. The molecule has 0 spiro atoms. The first-order valence-corrected chi connectivity index (χ1v) is 10.0. The minimum Gasteiger partial charge on any atom is -0.355 e. The zero-order valence-electron chi connectivity index (χ0n) is 15.5. The number of rotatable bonds is 6. The predicted molar refractivity (Wildman–Crippen MR) is 113 cm³/mol. The van der Waals surface area contributed by atoms with E-state index in [1.54, 1.807) is 7.05 Å². The summed E-state index contributed by atoms with van der Waals surface area (Å²) >= 11 is 0. The lowest BCUT2D eigenvalue weighted by molar-refractivity contribution is 0.295. The van der Waals surface area contributed by atoms with Crippen molar-refractivity contribution >= 4 is 40.7 Å². The Morgan fingerprint density at radius 1 is 1.22 bits per heavy atom. The third-order valence-corrected chi connectivity index (χ3v) is 6.31. The summed E-state index contributed by atoms with van der Waals surface area (Å²) in [6.45, 7) is 9.03. The van der Waals surface area contributed by atoms with Crippen LogP contribution in [-0.2, 0) is 10.8 Å². The smallest absolute Gasteiger partial charge is 0.191 e. The van der Waals surface area contributed by atoms with Gasteiger partial charge in [-0.1, -0.05) is 19.8 Å². The molecule has 1 aliphatic rings. The highest BCUT2D eigenvalue weighted by Gasteiger charge is 2.22. The van der Waals surface area contributed by atoms with E-state index in [2.05, 4.69) is 22.5 Å². The van der Waals surface area contributed by atoms with E-state index in [0.29, 0.717) is 18.3 Å². The van der Waals surface area contributed by atoms with Gasteiger partial charge in [0.05, 0.1) is 0 Å². The Labute approximate surface area is 162 Å². The van der Waals surface area contributed by atoms with Crippen LogP contribution in [-0.4, -0.2) is 40.3 Å². The summed E-state index contributed by atoms with van der Waals surface area (Å²) in [5.41, 5.74) is 0. The normalized spacial score (nSPS) is 23.8. The Morgan fingerprint density at radius 2 is 1.83 bits per heavy atom. The average molecular weight is 457 g/mol. The van der Waals surface area contributed by atoms with Crippen LogP contribution in [0.25, 0.3) is 0 Å². The second-order valence-corrected chi connectivity index (χ2v) is 9.64. The number of guanidine groups is 1. The van der Waals surface area contributed by atoms with Gasteiger partial charge in [-0.15, -0.1) is 24.0 Å². The number of hydrogen-bond acceptors (Lipinski definition) is 2. The third-order valence-electron chi connectivity index (χ3n) is 4.37. The molecular weight excluding hydrogens is 421 g/mol. The highest BCUT2D eigenvalue weighted by atomic mass is 127. The number of halogens is 1. The van der Waals surface area contributed by atoms with Gasteiger partial charge in [-0.05, 0) is 52.4 Å². The van der Waals surface area contributed by atoms with Gasteiger partial charge in [0.25, 0.3) is 0 Å².